The van der Waals surface area contributed by atoms with Crippen molar-refractivity contribution in [2.45, 2.75) is 51.7 Å². The van der Waals surface area contributed by atoms with E-state index in [1.165, 1.54) is 22.3 Å². The lowest BCUT2D eigenvalue weighted by molar-refractivity contribution is -0.139. The fourth-order valence-electron chi connectivity index (χ4n) is 4.05. The highest BCUT2D eigenvalue weighted by molar-refractivity contribution is 5.85. The molecule has 0 spiro atoms. The molecule has 3 rings (SSSR count). The molecule has 2 aliphatic carbocycles. The highest BCUT2D eigenvalue weighted by Gasteiger charge is 2.31. The molecule has 0 fully saturated rings. The lowest BCUT2D eigenvalue weighted by Crippen LogP contribution is -2.22. The van der Waals surface area contributed by atoms with Crippen LogP contribution >= 0.6 is 0 Å². The Morgan fingerprint density at radius 3 is 2.79 bits per heavy atom. The maximum absolute atomic E-state index is 6.01. The lowest BCUT2D eigenvalue weighted by Gasteiger charge is -2.20. The predicted molar refractivity (Wildman–Crippen MR) is 114 cm³/mol. The van der Waals surface area contributed by atoms with E-state index in [2.05, 4.69) is 48.3 Å². The first-order valence-corrected chi connectivity index (χ1v) is 10.5. The number of ether oxygens (including phenoxy) is 3. The van der Waals surface area contributed by atoms with E-state index >= 15 is 0 Å². The monoisotopic (exact) mass is 383 g/mol. The Hall–Kier alpha value is -2.04. The van der Waals surface area contributed by atoms with Crippen LogP contribution in [0.15, 0.2) is 54.5 Å². The fourth-order valence-corrected chi connectivity index (χ4v) is 4.05. The first kappa shape index (κ1) is 20.7. The van der Waals surface area contributed by atoms with E-state index in [4.69, 9.17) is 14.2 Å². The Kier molecular flexibility index (Phi) is 7.75. The maximum atomic E-state index is 6.01. The minimum Gasteiger partial charge on any atom is -0.479 e. The zero-order chi connectivity index (χ0) is 19.8. The molecular formula is C24H33NO3. The molecule has 0 heterocycles. The van der Waals surface area contributed by atoms with E-state index in [0.29, 0.717) is 31.6 Å². The van der Waals surface area contributed by atoms with Crippen LogP contribution in [0.3, 0.4) is 0 Å². The quantitative estimate of drug-likeness (QED) is 0.308. The van der Waals surface area contributed by atoms with Crippen molar-refractivity contribution in [1.82, 2.24) is 5.32 Å². The summed E-state index contributed by atoms with van der Waals surface area (Å²) in [6, 6.07) is 8.69. The van der Waals surface area contributed by atoms with Gasteiger partial charge >= 0.3 is 0 Å². The molecule has 152 valence electrons. The summed E-state index contributed by atoms with van der Waals surface area (Å²) < 4.78 is 17.2. The standard InChI is InChI=1S/C24H33NO3/c1-4-26-24(27-5-2)15-10-16-25-18(3)28-17-23-21-13-8-6-11-19(21)20-12-7-9-14-22(20)23/h6-8,11-13,23-25H,3-5,9-10,14-17H2,1-2H3. The third kappa shape index (κ3) is 5.06. The SMILES string of the molecule is C=C(NCCCC(OCC)OCC)OCC1C2=C(C=CCC2)c2ccccc21. The van der Waals surface area contributed by atoms with Crippen molar-refractivity contribution in [2.75, 3.05) is 26.4 Å². The number of nitrogens with one attached hydrogen (secondary N) is 1. The third-order valence-electron chi connectivity index (χ3n) is 5.33. The Balaban J connectivity index is 1.46. The van der Waals surface area contributed by atoms with Gasteiger partial charge in [0.05, 0.1) is 0 Å². The van der Waals surface area contributed by atoms with Gasteiger partial charge in [-0.25, -0.2) is 0 Å². The summed E-state index contributed by atoms with van der Waals surface area (Å²) in [5.74, 6) is 0.970. The van der Waals surface area contributed by atoms with E-state index in [0.717, 1.165) is 32.2 Å². The van der Waals surface area contributed by atoms with Crippen LogP contribution in [0.2, 0.25) is 0 Å². The average molecular weight is 384 g/mol. The van der Waals surface area contributed by atoms with Gasteiger partial charge in [-0.05, 0) is 56.4 Å². The zero-order valence-corrected chi connectivity index (χ0v) is 17.2. The van der Waals surface area contributed by atoms with Crippen molar-refractivity contribution in [3.63, 3.8) is 0 Å². The molecule has 28 heavy (non-hydrogen) atoms. The van der Waals surface area contributed by atoms with Crippen molar-refractivity contribution in [2.24, 2.45) is 0 Å². The maximum Gasteiger partial charge on any atom is 0.179 e. The number of fused-ring (bicyclic) bond motifs is 2. The van der Waals surface area contributed by atoms with Crippen molar-refractivity contribution < 1.29 is 14.2 Å². The molecule has 0 aliphatic heterocycles. The van der Waals surface area contributed by atoms with Crippen LogP contribution in [-0.4, -0.2) is 32.7 Å². The fraction of sp³-hybridized carbons (Fsp3) is 0.500. The second kappa shape index (κ2) is 10.5. The van der Waals surface area contributed by atoms with Crippen LogP contribution in [-0.2, 0) is 14.2 Å². The first-order valence-electron chi connectivity index (χ1n) is 10.5. The average Bonchev–Trinajstić information content (AvgIpc) is 3.04. The zero-order valence-electron chi connectivity index (χ0n) is 17.2. The molecule has 0 aromatic heterocycles. The van der Waals surface area contributed by atoms with Crippen LogP contribution in [0.1, 0.15) is 56.6 Å². The van der Waals surface area contributed by atoms with Gasteiger partial charge in [-0.15, -0.1) is 0 Å². The molecule has 1 N–H and O–H groups in total. The van der Waals surface area contributed by atoms with Crippen LogP contribution in [0.25, 0.3) is 5.57 Å². The minimum atomic E-state index is -0.120. The molecule has 2 aliphatic rings. The number of allylic oxidation sites excluding steroid dienone is 3. The molecule has 4 heteroatoms. The summed E-state index contributed by atoms with van der Waals surface area (Å²) in [5.41, 5.74) is 5.64. The molecule has 0 bridgehead atoms. The summed E-state index contributed by atoms with van der Waals surface area (Å²) in [4.78, 5) is 0. The summed E-state index contributed by atoms with van der Waals surface area (Å²) in [6.45, 7) is 10.8. The molecule has 4 nitrogen and oxygen atoms in total. The van der Waals surface area contributed by atoms with Gasteiger partial charge in [0.25, 0.3) is 0 Å². The number of hydrogen-bond donors (Lipinski definition) is 1. The minimum absolute atomic E-state index is 0.120. The molecule has 1 aromatic carbocycles. The van der Waals surface area contributed by atoms with Gasteiger partial charge in [-0.2, -0.15) is 0 Å². The van der Waals surface area contributed by atoms with Crippen molar-refractivity contribution in [3.8, 4) is 0 Å². The molecule has 1 atom stereocenters. The van der Waals surface area contributed by atoms with Gasteiger partial charge < -0.3 is 19.5 Å². The van der Waals surface area contributed by atoms with Gasteiger partial charge in [0.2, 0.25) is 0 Å². The van der Waals surface area contributed by atoms with Crippen molar-refractivity contribution >= 4 is 5.57 Å². The Morgan fingerprint density at radius 2 is 2.00 bits per heavy atom. The molecule has 1 unspecified atom stereocenters. The highest BCUT2D eigenvalue weighted by Crippen LogP contribution is 2.46. The summed E-state index contributed by atoms with van der Waals surface area (Å²) >= 11 is 0. The van der Waals surface area contributed by atoms with Gasteiger partial charge in [0.1, 0.15) is 6.61 Å². The number of hydrogen-bond acceptors (Lipinski definition) is 4. The Bertz CT molecular complexity index is 716. The predicted octanol–water partition coefficient (Wildman–Crippen LogP) is 5.14. The lowest BCUT2D eigenvalue weighted by atomic mass is 9.91. The number of rotatable bonds is 12. The van der Waals surface area contributed by atoms with Crippen molar-refractivity contribution in [1.29, 1.82) is 0 Å². The number of benzene rings is 1. The van der Waals surface area contributed by atoms with E-state index in [9.17, 15) is 0 Å². The molecule has 0 saturated carbocycles. The van der Waals surface area contributed by atoms with Crippen LogP contribution in [0.5, 0.6) is 0 Å². The molecule has 1 aromatic rings. The van der Waals surface area contributed by atoms with Crippen molar-refractivity contribution in [3.05, 3.63) is 65.6 Å². The van der Waals surface area contributed by atoms with Gasteiger partial charge in [-0.3, -0.25) is 0 Å². The van der Waals surface area contributed by atoms with E-state index in [1.54, 1.807) is 0 Å². The van der Waals surface area contributed by atoms with E-state index in [1.807, 2.05) is 13.8 Å². The molecule has 0 amide bonds. The Morgan fingerprint density at radius 1 is 1.21 bits per heavy atom. The van der Waals surface area contributed by atoms with Gasteiger partial charge in [-0.1, -0.05) is 42.0 Å². The highest BCUT2D eigenvalue weighted by atomic mass is 16.7. The second-order valence-corrected chi connectivity index (χ2v) is 7.16. The molecular weight excluding hydrogens is 350 g/mol. The van der Waals surface area contributed by atoms with Gasteiger partial charge in [0.15, 0.2) is 12.2 Å². The smallest absolute Gasteiger partial charge is 0.179 e. The molecule has 0 radical (unpaired) electrons. The summed E-state index contributed by atoms with van der Waals surface area (Å²) in [6.07, 6.45) is 8.47. The van der Waals surface area contributed by atoms with Crippen LogP contribution in [0.4, 0.5) is 0 Å². The first-order chi connectivity index (χ1) is 13.7. The van der Waals surface area contributed by atoms with E-state index < -0.39 is 0 Å². The summed E-state index contributed by atoms with van der Waals surface area (Å²) in [7, 11) is 0. The van der Waals surface area contributed by atoms with Crippen LogP contribution < -0.4 is 5.32 Å². The largest absolute Gasteiger partial charge is 0.479 e. The van der Waals surface area contributed by atoms with Gasteiger partial charge in [0, 0.05) is 32.1 Å². The topological polar surface area (TPSA) is 39.7 Å². The van der Waals surface area contributed by atoms with E-state index in [-0.39, 0.29) is 6.29 Å². The molecule has 0 saturated heterocycles. The Labute approximate surface area is 169 Å². The summed E-state index contributed by atoms with van der Waals surface area (Å²) in [5, 5.41) is 3.28. The normalized spacial score (nSPS) is 17.6. The van der Waals surface area contributed by atoms with Crippen LogP contribution in [0, 0.1) is 0 Å². The third-order valence-corrected chi connectivity index (χ3v) is 5.33. The second-order valence-electron chi connectivity index (χ2n) is 7.16.